The lowest BCUT2D eigenvalue weighted by Crippen LogP contribution is -2.29. The smallest absolute Gasteiger partial charge is 0.00920 e. The molecule has 0 amide bonds. The molecule has 4 aliphatic carbocycles. The molecule has 0 heterocycles. The van der Waals surface area contributed by atoms with E-state index in [2.05, 4.69) is 133 Å². The highest BCUT2D eigenvalue weighted by Gasteiger charge is 2.53. The normalized spacial score (nSPS) is 29.6. The lowest BCUT2D eigenvalue weighted by molar-refractivity contribution is 0.188. The minimum atomic E-state index is 0.105. The quantitative estimate of drug-likeness (QED) is 0.369. The van der Waals surface area contributed by atoms with Gasteiger partial charge in [0.05, 0.1) is 0 Å². The van der Waals surface area contributed by atoms with Gasteiger partial charge in [0.2, 0.25) is 0 Å². The number of rotatable bonds is 4. The maximum atomic E-state index is 2.76. The number of allylic oxidation sites excluding steroid dienone is 8. The van der Waals surface area contributed by atoms with Crippen LogP contribution in [0.1, 0.15) is 85.3 Å². The molecule has 2 aromatic carbocycles. The van der Waals surface area contributed by atoms with Gasteiger partial charge in [0.25, 0.3) is 0 Å². The van der Waals surface area contributed by atoms with Crippen LogP contribution >= 0.6 is 0 Å². The fourth-order valence-electron chi connectivity index (χ4n) is 8.85. The molecule has 0 N–H and O–H groups in total. The van der Waals surface area contributed by atoms with Crippen LogP contribution in [0.3, 0.4) is 0 Å². The largest absolute Gasteiger partial charge is 0.0758 e. The third kappa shape index (κ3) is 4.91. The molecule has 210 valence electrons. The predicted molar refractivity (Wildman–Crippen MR) is 172 cm³/mol. The molecule has 0 spiro atoms. The van der Waals surface area contributed by atoms with E-state index in [9.17, 15) is 0 Å². The summed E-state index contributed by atoms with van der Waals surface area (Å²) in [5.74, 6) is 4.56. The van der Waals surface area contributed by atoms with Crippen molar-refractivity contribution >= 4 is 11.1 Å². The molecule has 0 heteroatoms. The Labute approximate surface area is 244 Å². The lowest BCUT2D eigenvalue weighted by Gasteiger charge is -2.37. The summed E-state index contributed by atoms with van der Waals surface area (Å²) in [6.07, 6.45) is 16.7. The van der Waals surface area contributed by atoms with Crippen LogP contribution in [-0.4, -0.2) is 0 Å². The molecule has 5 atom stereocenters. The van der Waals surface area contributed by atoms with E-state index in [0.717, 1.165) is 11.8 Å². The van der Waals surface area contributed by atoms with E-state index < -0.39 is 0 Å². The zero-order valence-corrected chi connectivity index (χ0v) is 26.0. The zero-order valence-electron chi connectivity index (χ0n) is 26.0. The first-order chi connectivity index (χ1) is 19.0. The van der Waals surface area contributed by atoms with Crippen molar-refractivity contribution in [1.82, 2.24) is 0 Å². The molecule has 0 bridgehead atoms. The van der Waals surface area contributed by atoms with E-state index >= 15 is 0 Å². The van der Waals surface area contributed by atoms with Crippen molar-refractivity contribution in [2.24, 2.45) is 52.3 Å². The standard InChI is InChI=1S/C40H50/c1-26(27-16-14-15-17-27)38-34-22-30(28-18-10-8-11-19-28)36(39(2,3)4)24-32(34)33-25-37(40(5,6)7)31(23-35(33)38)29-20-12-9-13-21-29/h8-13,18-27,32-35,38H,14-17H2,1-7H3. The highest BCUT2D eigenvalue weighted by Crippen LogP contribution is 2.61. The Bertz CT molecular complexity index is 1230. The second-order valence-corrected chi connectivity index (χ2v) is 15.3. The summed E-state index contributed by atoms with van der Waals surface area (Å²) in [7, 11) is 0. The van der Waals surface area contributed by atoms with Crippen LogP contribution in [0.4, 0.5) is 0 Å². The van der Waals surface area contributed by atoms with Gasteiger partial charge in [0, 0.05) is 0 Å². The molecule has 0 radical (unpaired) electrons. The summed E-state index contributed by atoms with van der Waals surface area (Å²) in [6, 6.07) is 22.5. The van der Waals surface area contributed by atoms with Crippen molar-refractivity contribution in [2.45, 2.75) is 74.1 Å². The number of fused-ring (bicyclic) bond motifs is 3. The summed E-state index contributed by atoms with van der Waals surface area (Å²) in [6.45, 7) is 17.1. The number of benzene rings is 2. The lowest BCUT2D eigenvalue weighted by atomic mass is 9.67. The first-order valence-electron chi connectivity index (χ1n) is 16.0. The Morgan fingerprint density at radius 1 is 0.550 bits per heavy atom. The Morgan fingerprint density at radius 3 is 1.32 bits per heavy atom. The Balaban J connectivity index is 1.54. The molecule has 0 aromatic heterocycles. The van der Waals surface area contributed by atoms with Gasteiger partial charge in [-0.15, -0.1) is 0 Å². The van der Waals surface area contributed by atoms with Crippen molar-refractivity contribution in [3.8, 4) is 0 Å². The van der Waals surface area contributed by atoms with Gasteiger partial charge in [-0.2, -0.15) is 0 Å². The monoisotopic (exact) mass is 530 g/mol. The Morgan fingerprint density at radius 2 is 0.950 bits per heavy atom. The van der Waals surface area contributed by atoms with Gasteiger partial charge in [0.15, 0.2) is 0 Å². The Kier molecular flexibility index (Phi) is 7.13. The maximum absolute atomic E-state index is 2.76. The van der Waals surface area contributed by atoms with E-state index in [1.807, 2.05) is 0 Å². The molecule has 2 aromatic rings. The van der Waals surface area contributed by atoms with Crippen molar-refractivity contribution in [1.29, 1.82) is 0 Å². The molecule has 0 saturated heterocycles. The molecule has 6 rings (SSSR count). The van der Waals surface area contributed by atoms with Gasteiger partial charge >= 0.3 is 0 Å². The van der Waals surface area contributed by atoms with Crippen molar-refractivity contribution in [2.75, 3.05) is 0 Å². The topological polar surface area (TPSA) is 0 Å². The molecule has 0 aliphatic heterocycles. The van der Waals surface area contributed by atoms with E-state index in [1.54, 1.807) is 0 Å². The molecule has 2 saturated carbocycles. The fraction of sp³-hybridized carbons (Fsp3) is 0.500. The highest BCUT2D eigenvalue weighted by atomic mass is 14.6. The third-order valence-corrected chi connectivity index (χ3v) is 10.8. The third-order valence-electron chi connectivity index (χ3n) is 10.8. The van der Waals surface area contributed by atoms with E-state index in [0.29, 0.717) is 29.6 Å². The van der Waals surface area contributed by atoms with Crippen LogP contribution < -0.4 is 0 Å². The van der Waals surface area contributed by atoms with Crippen LogP contribution in [0.2, 0.25) is 0 Å². The predicted octanol–water partition coefficient (Wildman–Crippen LogP) is 11.0. The van der Waals surface area contributed by atoms with Crippen molar-refractivity contribution in [3.63, 3.8) is 0 Å². The fourth-order valence-corrected chi connectivity index (χ4v) is 8.85. The summed E-state index contributed by atoms with van der Waals surface area (Å²) in [5.41, 5.74) is 9.04. The van der Waals surface area contributed by atoms with Crippen LogP contribution in [0.5, 0.6) is 0 Å². The molecule has 40 heavy (non-hydrogen) atoms. The molecule has 2 fully saturated rings. The van der Waals surface area contributed by atoms with Gasteiger partial charge in [-0.3, -0.25) is 0 Å². The van der Waals surface area contributed by atoms with Gasteiger partial charge < -0.3 is 0 Å². The summed E-state index contributed by atoms with van der Waals surface area (Å²) >= 11 is 0. The summed E-state index contributed by atoms with van der Waals surface area (Å²) < 4.78 is 0. The highest BCUT2D eigenvalue weighted by molar-refractivity contribution is 5.83. The zero-order chi connectivity index (χ0) is 28.2. The summed E-state index contributed by atoms with van der Waals surface area (Å²) in [4.78, 5) is 0. The van der Waals surface area contributed by atoms with E-state index in [1.165, 1.54) is 59.1 Å². The van der Waals surface area contributed by atoms with Crippen LogP contribution in [-0.2, 0) is 0 Å². The minimum Gasteiger partial charge on any atom is -0.0758 e. The van der Waals surface area contributed by atoms with Crippen molar-refractivity contribution < 1.29 is 0 Å². The van der Waals surface area contributed by atoms with Crippen molar-refractivity contribution in [3.05, 3.63) is 107 Å². The molecule has 5 unspecified atom stereocenters. The average Bonchev–Trinajstić information content (AvgIpc) is 3.58. The van der Waals surface area contributed by atoms with Crippen LogP contribution in [0, 0.1) is 52.3 Å². The van der Waals surface area contributed by atoms with Crippen LogP contribution in [0.15, 0.2) is 96.1 Å². The second kappa shape index (κ2) is 10.3. The molecular formula is C40H50. The van der Waals surface area contributed by atoms with E-state index in [4.69, 9.17) is 0 Å². The maximum Gasteiger partial charge on any atom is -0.00920 e. The van der Waals surface area contributed by atoms with Gasteiger partial charge in [0.1, 0.15) is 0 Å². The summed E-state index contributed by atoms with van der Waals surface area (Å²) in [5, 5.41) is 0. The second-order valence-electron chi connectivity index (χ2n) is 15.3. The van der Waals surface area contributed by atoms with Gasteiger partial charge in [-0.1, -0.05) is 159 Å². The Hall–Kier alpha value is -2.60. The average molecular weight is 531 g/mol. The first kappa shape index (κ1) is 27.6. The van der Waals surface area contributed by atoms with Gasteiger partial charge in [-0.05, 0) is 85.7 Å². The molecule has 0 nitrogen and oxygen atoms in total. The number of hydrogen-bond donors (Lipinski definition) is 0. The SMILES string of the molecule is CC(C1CCCC1)C1C2C=C(c3ccccc3)C(C(C)(C)C)=CC2C2C=C(C(C)(C)C)C(c3ccccc3)=CC21. The molecular weight excluding hydrogens is 480 g/mol. The van der Waals surface area contributed by atoms with Crippen LogP contribution in [0.25, 0.3) is 11.1 Å². The minimum absolute atomic E-state index is 0.105. The van der Waals surface area contributed by atoms with E-state index in [-0.39, 0.29) is 10.8 Å². The molecule has 4 aliphatic rings. The van der Waals surface area contributed by atoms with Gasteiger partial charge in [-0.25, -0.2) is 0 Å². The first-order valence-corrected chi connectivity index (χ1v) is 16.0. The number of hydrogen-bond acceptors (Lipinski definition) is 0.